The van der Waals surface area contributed by atoms with Crippen LogP contribution in [0.15, 0.2) is 94.9 Å². The van der Waals surface area contributed by atoms with Crippen molar-refractivity contribution in [2.24, 2.45) is 9.98 Å². The van der Waals surface area contributed by atoms with Crippen LogP contribution in [0.1, 0.15) is 114 Å². The maximum atomic E-state index is 11.4. The molecule has 0 radical (unpaired) electrons. The van der Waals surface area contributed by atoms with Crippen molar-refractivity contribution in [3.05, 3.63) is 129 Å². The summed E-state index contributed by atoms with van der Waals surface area (Å²) in [5.74, 6) is 0.593. The number of rotatable bonds is 17. The molecule has 0 spiro atoms. The number of aliphatic imine (C=N–C) groups is 2. The van der Waals surface area contributed by atoms with Gasteiger partial charge in [0.1, 0.15) is 37.7 Å². The number of hydrogen-bond acceptors (Lipinski definition) is 4. The fourth-order valence-corrected chi connectivity index (χ4v) is 7.57. The lowest BCUT2D eigenvalue weighted by molar-refractivity contribution is -0.950. The van der Waals surface area contributed by atoms with E-state index in [0.29, 0.717) is 24.6 Å². The second-order valence-corrected chi connectivity index (χ2v) is 17.3. The molecule has 4 aromatic rings. The van der Waals surface area contributed by atoms with Crippen LogP contribution in [0, 0.1) is 0 Å². The second kappa shape index (κ2) is 18.4. The molecule has 2 N–H and O–H groups in total. The van der Waals surface area contributed by atoms with Crippen LogP contribution in [-0.2, 0) is 37.0 Å². The fourth-order valence-electron chi connectivity index (χ4n) is 7.57. The van der Waals surface area contributed by atoms with E-state index in [1.165, 1.54) is 22.3 Å². The van der Waals surface area contributed by atoms with Gasteiger partial charge in [-0.25, -0.2) is 0 Å². The average molecular weight is 733 g/mol. The van der Waals surface area contributed by atoms with Gasteiger partial charge in [-0.2, -0.15) is 0 Å². The van der Waals surface area contributed by atoms with E-state index >= 15 is 0 Å². The molecule has 0 aliphatic heterocycles. The zero-order valence-corrected chi connectivity index (χ0v) is 35.0. The van der Waals surface area contributed by atoms with Gasteiger partial charge in [0.05, 0.1) is 39.3 Å². The van der Waals surface area contributed by atoms with E-state index in [9.17, 15) is 10.2 Å². The highest BCUT2D eigenvalue weighted by atomic mass is 16.3. The number of quaternary nitrogens is 2. The second-order valence-electron chi connectivity index (χ2n) is 17.3. The molecule has 0 bridgehead atoms. The largest absolute Gasteiger partial charge is 0.507 e. The predicted octanol–water partition coefficient (Wildman–Crippen LogP) is 10.3. The van der Waals surface area contributed by atoms with E-state index in [0.717, 1.165) is 83.6 Å². The Hall–Kier alpha value is -4.26. The third-order valence-electron chi connectivity index (χ3n) is 11.3. The fraction of sp³-hybridized carbons (Fsp3) is 0.458. The maximum absolute atomic E-state index is 11.4. The van der Waals surface area contributed by atoms with Crippen molar-refractivity contribution < 1.29 is 19.2 Å². The molecule has 0 unspecified atom stereocenters. The molecule has 6 heteroatoms. The Morgan fingerprint density at radius 2 is 0.796 bits per heavy atom. The maximum Gasteiger partial charge on any atom is 0.128 e. The summed E-state index contributed by atoms with van der Waals surface area (Å²) < 4.78 is 1.86. The quantitative estimate of drug-likeness (QED) is 0.0645. The lowest BCUT2D eigenvalue weighted by Gasteiger charge is -2.37. The summed E-state index contributed by atoms with van der Waals surface area (Å²) in [5.41, 5.74) is 8.01. The van der Waals surface area contributed by atoms with Crippen molar-refractivity contribution in [3.63, 3.8) is 0 Å². The Labute approximate surface area is 327 Å². The van der Waals surface area contributed by atoms with Crippen molar-refractivity contribution in [1.82, 2.24) is 0 Å². The van der Waals surface area contributed by atoms with E-state index in [4.69, 9.17) is 9.98 Å². The minimum absolute atomic E-state index is 0.225. The van der Waals surface area contributed by atoms with Crippen LogP contribution in [0.2, 0.25) is 0 Å². The van der Waals surface area contributed by atoms with Gasteiger partial charge in [-0.3, -0.25) is 9.98 Å². The Morgan fingerprint density at radius 1 is 0.481 bits per heavy atom. The van der Waals surface area contributed by atoms with E-state index in [1.54, 1.807) is 0 Å². The number of benzene rings is 4. The van der Waals surface area contributed by atoms with Crippen LogP contribution >= 0.6 is 0 Å². The van der Waals surface area contributed by atoms with Crippen molar-refractivity contribution in [2.45, 2.75) is 106 Å². The monoisotopic (exact) mass is 733 g/mol. The minimum atomic E-state index is -0.225. The number of nitrogens with zero attached hydrogens (tertiary/aromatic N) is 4. The molecule has 0 heterocycles. The van der Waals surface area contributed by atoms with Crippen LogP contribution in [0.5, 0.6) is 11.5 Å². The van der Waals surface area contributed by atoms with Gasteiger partial charge in [0.15, 0.2) is 0 Å². The third-order valence-corrected chi connectivity index (χ3v) is 11.3. The van der Waals surface area contributed by atoms with E-state index in [-0.39, 0.29) is 10.8 Å². The first-order valence-electron chi connectivity index (χ1n) is 20.1. The van der Waals surface area contributed by atoms with Gasteiger partial charge in [-0.1, -0.05) is 102 Å². The highest BCUT2D eigenvalue weighted by molar-refractivity contribution is 5.85. The van der Waals surface area contributed by atoms with Crippen molar-refractivity contribution >= 4 is 12.4 Å². The number of aromatic hydroxyl groups is 2. The molecule has 290 valence electrons. The molecular weight excluding hydrogens is 665 g/mol. The summed E-state index contributed by atoms with van der Waals surface area (Å²) in [7, 11) is 0. The smallest absolute Gasteiger partial charge is 0.128 e. The summed E-state index contributed by atoms with van der Waals surface area (Å²) in [6.45, 7) is 30.6. The molecule has 0 saturated carbocycles. The van der Waals surface area contributed by atoms with Crippen molar-refractivity contribution in [1.29, 1.82) is 0 Å². The summed E-state index contributed by atoms with van der Waals surface area (Å²) in [4.78, 5) is 9.48. The highest BCUT2D eigenvalue weighted by Crippen LogP contribution is 2.36. The molecule has 0 amide bonds. The minimum Gasteiger partial charge on any atom is -0.507 e. The first-order chi connectivity index (χ1) is 25.6. The molecule has 0 atom stereocenters. The topological polar surface area (TPSA) is 65.2 Å². The molecule has 4 aromatic carbocycles. The Morgan fingerprint density at radius 3 is 1.09 bits per heavy atom. The molecular formula is C48H68N4O2+2. The van der Waals surface area contributed by atoms with Crippen LogP contribution in [0.3, 0.4) is 0 Å². The highest BCUT2D eigenvalue weighted by Gasteiger charge is 2.29. The van der Waals surface area contributed by atoms with Crippen LogP contribution < -0.4 is 0 Å². The van der Waals surface area contributed by atoms with Crippen molar-refractivity contribution in [3.8, 4) is 11.5 Å². The van der Waals surface area contributed by atoms with Gasteiger partial charge in [0, 0.05) is 56.9 Å². The zero-order chi connectivity index (χ0) is 39.6. The molecule has 0 aromatic heterocycles. The lowest BCUT2D eigenvalue weighted by atomic mass is 9.84. The standard InChI is InChI=1S/C48H66N4O2/c1-11-51(12-2,33-37-21-17-15-18-22-37)35-39-27-41(45(53)43(29-39)47(5,6)7)31-49-25-26-50-32-42-28-40(30-44(46(42)54)48(8,9)10)36-52(13-3,14-4)34-38-23-19-16-20-24-38/h15-24,27-32H,11-14,25-26,33-36H2,1-10H3/p+2. The third kappa shape index (κ3) is 11.1. The Balaban J connectivity index is 1.55. The Bertz CT molecular complexity index is 1710. The number of phenolic OH excluding ortho intramolecular Hbond substituents is 2. The zero-order valence-electron chi connectivity index (χ0n) is 35.0. The van der Waals surface area contributed by atoms with Gasteiger partial charge < -0.3 is 19.2 Å². The molecule has 0 aliphatic carbocycles. The Kier molecular flexibility index (Phi) is 14.5. The van der Waals surface area contributed by atoms with E-state index in [2.05, 4.69) is 154 Å². The molecule has 6 nitrogen and oxygen atoms in total. The summed E-state index contributed by atoms with van der Waals surface area (Å²) in [6.07, 6.45) is 3.62. The number of phenols is 2. The summed E-state index contributed by atoms with van der Waals surface area (Å²) in [6, 6.07) is 30.1. The van der Waals surface area contributed by atoms with Gasteiger partial charge in [0.2, 0.25) is 0 Å². The van der Waals surface area contributed by atoms with Crippen LogP contribution in [0.25, 0.3) is 0 Å². The lowest BCUT2D eigenvalue weighted by Crippen LogP contribution is -2.46. The van der Waals surface area contributed by atoms with Crippen molar-refractivity contribution in [2.75, 3.05) is 39.3 Å². The van der Waals surface area contributed by atoms with Gasteiger partial charge in [-0.15, -0.1) is 0 Å². The van der Waals surface area contributed by atoms with Gasteiger partial charge in [0.25, 0.3) is 0 Å². The molecule has 4 rings (SSSR count). The summed E-state index contributed by atoms with van der Waals surface area (Å²) in [5, 5.41) is 22.9. The predicted molar refractivity (Wildman–Crippen MR) is 229 cm³/mol. The van der Waals surface area contributed by atoms with E-state index < -0.39 is 0 Å². The van der Waals surface area contributed by atoms with Gasteiger partial charge in [-0.05, 0) is 62.8 Å². The first kappa shape index (κ1) is 42.5. The first-order valence-corrected chi connectivity index (χ1v) is 20.1. The van der Waals surface area contributed by atoms with Crippen LogP contribution in [0.4, 0.5) is 0 Å². The SMILES string of the molecule is CC[N+](CC)(Cc1ccccc1)Cc1cc(C=NCCN=Cc2cc(C[N+](CC)(CC)Cc3ccccc3)cc(C(C)(C)C)c2O)c(O)c(C(C)(C)C)c1. The van der Waals surface area contributed by atoms with Gasteiger partial charge >= 0.3 is 0 Å². The van der Waals surface area contributed by atoms with E-state index in [1.807, 2.05) is 12.4 Å². The molecule has 0 fully saturated rings. The van der Waals surface area contributed by atoms with Crippen LogP contribution in [-0.4, -0.2) is 70.9 Å². The average Bonchev–Trinajstić information content (AvgIpc) is 3.14. The normalized spacial score (nSPS) is 13.0. The molecule has 0 saturated heterocycles. The number of hydrogen-bond donors (Lipinski definition) is 2. The summed E-state index contributed by atoms with van der Waals surface area (Å²) >= 11 is 0. The molecule has 54 heavy (non-hydrogen) atoms. The molecule has 0 aliphatic rings.